The molecule has 108 valence electrons. The minimum Gasteiger partial charge on any atom is -0.382 e. The maximum absolute atomic E-state index is 11.9. The average Bonchev–Trinajstić information content (AvgIpc) is 2.28. The molecule has 0 radical (unpaired) electrons. The molecule has 0 fully saturated rings. The van der Waals surface area contributed by atoms with Crippen LogP contribution in [0.2, 0.25) is 5.02 Å². The summed E-state index contributed by atoms with van der Waals surface area (Å²) in [5.74, 6) is 0. The summed E-state index contributed by atoms with van der Waals surface area (Å²) in [6.45, 7) is 3.63. The Labute approximate surface area is 113 Å². The number of rotatable bonds is 5. The molecule has 0 saturated heterocycles. The second kappa shape index (κ2) is 6.27. The molecular formula is C11H15ClF3N3O. The quantitative estimate of drug-likeness (QED) is 0.849. The molecule has 1 rings (SSSR count). The number of hydrogen-bond donors (Lipinski definition) is 1. The molecule has 0 atom stereocenters. The predicted octanol–water partition coefficient (Wildman–Crippen LogP) is 3.23. The number of aromatic nitrogens is 2. The number of alkyl halides is 3. The Morgan fingerprint density at radius 2 is 2.11 bits per heavy atom. The van der Waals surface area contributed by atoms with Crippen LogP contribution in [0.3, 0.4) is 0 Å². The summed E-state index contributed by atoms with van der Waals surface area (Å²) in [4.78, 5) is 11.8. The molecule has 0 aliphatic carbocycles. The van der Waals surface area contributed by atoms with Crippen LogP contribution in [0.1, 0.15) is 32.7 Å². The van der Waals surface area contributed by atoms with E-state index in [0.29, 0.717) is 0 Å². The van der Waals surface area contributed by atoms with E-state index in [2.05, 4.69) is 10.4 Å². The van der Waals surface area contributed by atoms with Gasteiger partial charge in [0, 0.05) is 13.0 Å². The standard InChI is InChI=1S/C11H15ClF3N3O/c1-7(2)18-10(19)9(12)8(6-17-18)16-5-3-4-11(13,14)15/h6-7,16H,3-5H2,1-2H3. The van der Waals surface area contributed by atoms with Gasteiger partial charge < -0.3 is 5.32 Å². The number of hydrogen-bond acceptors (Lipinski definition) is 3. The van der Waals surface area contributed by atoms with Crippen molar-refractivity contribution in [2.24, 2.45) is 0 Å². The van der Waals surface area contributed by atoms with Crippen molar-refractivity contribution in [3.05, 3.63) is 21.6 Å². The second-order valence-corrected chi connectivity index (χ2v) is 4.74. The van der Waals surface area contributed by atoms with E-state index in [1.165, 1.54) is 10.9 Å². The maximum atomic E-state index is 11.9. The van der Waals surface area contributed by atoms with Crippen molar-refractivity contribution in [2.75, 3.05) is 11.9 Å². The molecule has 0 bridgehead atoms. The topological polar surface area (TPSA) is 46.9 Å². The molecule has 0 amide bonds. The summed E-state index contributed by atoms with van der Waals surface area (Å²) < 4.78 is 37.1. The average molecular weight is 298 g/mol. The minimum absolute atomic E-state index is 0.0595. The lowest BCUT2D eigenvalue weighted by Gasteiger charge is -2.12. The zero-order chi connectivity index (χ0) is 14.6. The smallest absolute Gasteiger partial charge is 0.382 e. The van der Waals surface area contributed by atoms with E-state index in [1.807, 2.05) is 0 Å². The van der Waals surface area contributed by atoms with Gasteiger partial charge in [-0.2, -0.15) is 18.3 Å². The van der Waals surface area contributed by atoms with Gasteiger partial charge in [-0.1, -0.05) is 11.6 Å². The van der Waals surface area contributed by atoms with E-state index >= 15 is 0 Å². The number of anilines is 1. The van der Waals surface area contributed by atoms with Gasteiger partial charge in [-0.3, -0.25) is 4.79 Å². The first-order chi connectivity index (χ1) is 8.72. The molecule has 0 saturated carbocycles. The van der Waals surface area contributed by atoms with Crippen molar-refractivity contribution in [3.8, 4) is 0 Å². The molecule has 0 spiro atoms. The van der Waals surface area contributed by atoms with Gasteiger partial charge in [0.2, 0.25) is 0 Å². The van der Waals surface area contributed by atoms with Gasteiger partial charge >= 0.3 is 6.18 Å². The largest absolute Gasteiger partial charge is 0.389 e. The second-order valence-electron chi connectivity index (χ2n) is 4.36. The zero-order valence-electron chi connectivity index (χ0n) is 10.6. The highest BCUT2D eigenvalue weighted by molar-refractivity contribution is 6.32. The van der Waals surface area contributed by atoms with Crippen molar-refractivity contribution in [2.45, 2.75) is 38.9 Å². The molecule has 0 aliphatic heterocycles. The van der Waals surface area contributed by atoms with Gasteiger partial charge in [0.1, 0.15) is 5.02 Å². The molecule has 1 aromatic rings. The first-order valence-electron chi connectivity index (χ1n) is 5.80. The Morgan fingerprint density at radius 3 is 2.63 bits per heavy atom. The summed E-state index contributed by atoms with van der Waals surface area (Å²) >= 11 is 5.85. The molecule has 0 aromatic carbocycles. The van der Waals surface area contributed by atoms with E-state index in [9.17, 15) is 18.0 Å². The highest BCUT2D eigenvalue weighted by Gasteiger charge is 2.25. The van der Waals surface area contributed by atoms with Crippen LogP contribution in [0, 0.1) is 0 Å². The lowest BCUT2D eigenvalue weighted by Crippen LogP contribution is -2.26. The minimum atomic E-state index is -4.18. The van der Waals surface area contributed by atoms with Crippen molar-refractivity contribution in [3.63, 3.8) is 0 Å². The zero-order valence-corrected chi connectivity index (χ0v) is 11.3. The third-order valence-electron chi connectivity index (χ3n) is 2.39. The van der Waals surface area contributed by atoms with Gasteiger partial charge in [0.25, 0.3) is 5.56 Å². The SMILES string of the molecule is CC(C)n1ncc(NCCCC(F)(F)F)c(Cl)c1=O. The van der Waals surface area contributed by atoms with Gasteiger partial charge in [-0.15, -0.1) is 0 Å². The summed E-state index contributed by atoms with van der Waals surface area (Å²) in [7, 11) is 0. The normalized spacial score (nSPS) is 11.9. The Hall–Kier alpha value is -1.24. The van der Waals surface area contributed by atoms with Crippen LogP contribution in [-0.2, 0) is 0 Å². The third kappa shape index (κ3) is 4.74. The molecule has 0 aliphatic rings. The van der Waals surface area contributed by atoms with Gasteiger partial charge in [-0.25, -0.2) is 4.68 Å². The van der Waals surface area contributed by atoms with Crippen LogP contribution >= 0.6 is 11.6 Å². The Morgan fingerprint density at radius 1 is 1.47 bits per heavy atom. The first-order valence-corrected chi connectivity index (χ1v) is 6.18. The van der Waals surface area contributed by atoms with E-state index < -0.39 is 18.2 Å². The van der Waals surface area contributed by atoms with Crippen molar-refractivity contribution >= 4 is 17.3 Å². The lowest BCUT2D eigenvalue weighted by molar-refractivity contribution is -0.134. The number of nitrogens with one attached hydrogen (secondary N) is 1. The molecule has 1 heterocycles. The Bertz CT molecular complexity index is 485. The molecule has 8 heteroatoms. The third-order valence-corrected chi connectivity index (χ3v) is 2.75. The van der Waals surface area contributed by atoms with Crippen LogP contribution in [0.25, 0.3) is 0 Å². The predicted molar refractivity (Wildman–Crippen MR) is 67.7 cm³/mol. The Kier molecular flexibility index (Phi) is 5.22. The summed E-state index contributed by atoms with van der Waals surface area (Å²) in [6.07, 6.45) is -3.80. The monoisotopic (exact) mass is 297 g/mol. The fraction of sp³-hybridized carbons (Fsp3) is 0.636. The number of nitrogens with zero attached hydrogens (tertiary/aromatic N) is 2. The maximum Gasteiger partial charge on any atom is 0.389 e. The molecule has 4 nitrogen and oxygen atoms in total. The highest BCUT2D eigenvalue weighted by atomic mass is 35.5. The van der Waals surface area contributed by atoms with Crippen LogP contribution < -0.4 is 10.9 Å². The van der Waals surface area contributed by atoms with E-state index in [1.54, 1.807) is 13.8 Å². The van der Waals surface area contributed by atoms with E-state index in [4.69, 9.17) is 11.6 Å². The van der Waals surface area contributed by atoms with Crippen LogP contribution in [0.4, 0.5) is 18.9 Å². The highest BCUT2D eigenvalue weighted by Crippen LogP contribution is 2.22. The first kappa shape index (κ1) is 15.8. The molecule has 19 heavy (non-hydrogen) atoms. The summed E-state index contributed by atoms with van der Waals surface area (Å²) in [5.41, 5.74) is -0.205. The fourth-order valence-electron chi connectivity index (χ4n) is 1.45. The molecule has 0 unspecified atom stereocenters. The van der Waals surface area contributed by atoms with Crippen molar-refractivity contribution in [1.82, 2.24) is 9.78 Å². The Balaban J connectivity index is 2.66. The van der Waals surface area contributed by atoms with Gasteiger partial charge in [-0.05, 0) is 20.3 Å². The molecule has 1 N–H and O–H groups in total. The lowest BCUT2D eigenvalue weighted by atomic mass is 10.3. The number of halogens is 4. The van der Waals surface area contributed by atoms with Gasteiger partial charge in [0.15, 0.2) is 0 Å². The van der Waals surface area contributed by atoms with E-state index in [-0.39, 0.29) is 29.7 Å². The van der Waals surface area contributed by atoms with Crippen molar-refractivity contribution in [1.29, 1.82) is 0 Å². The summed E-state index contributed by atoms with van der Waals surface area (Å²) in [5, 5.41) is 6.53. The van der Waals surface area contributed by atoms with Crippen LogP contribution in [-0.4, -0.2) is 22.5 Å². The van der Waals surface area contributed by atoms with Crippen LogP contribution in [0.15, 0.2) is 11.0 Å². The van der Waals surface area contributed by atoms with E-state index in [0.717, 1.165) is 0 Å². The van der Waals surface area contributed by atoms with Gasteiger partial charge in [0.05, 0.1) is 17.9 Å². The molecular weight excluding hydrogens is 283 g/mol. The molecule has 1 aromatic heterocycles. The van der Waals surface area contributed by atoms with Crippen molar-refractivity contribution < 1.29 is 13.2 Å². The van der Waals surface area contributed by atoms with Crippen LogP contribution in [0.5, 0.6) is 0 Å². The summed E-state index contributed by atoms with van der Waals surface area (Å²) in [6, 6.07) is -0.135. The fourth-order valence-corrected chi connectivity index (χ4v) is 1.65.